The summed E-state index contributed by atoms with van der Waals surface area (Å²) in [6, 6.07) is 4.02. The number of rotatable bonds is 2. The van der Waals surface area contributed by atoms with Crippen LogP contribution in [0.15, 0.2) is 24.5 Å². The number of carbonyl (C=O) groups is 1. The van der Waals surface area contributed by atoms with Gasteiger partial charge in [-0.25, -0.2) is 4.98 Å². The molecule has 2 aromatic rings. The Hall–Kier alpha value is -2.04. The maximum Gasteiger partial charge on any atom is 0.268 e. The fraction of sp³-hybridized carbons (Fsp3) is 0.429. The summed E-state index contributed by atoms with van der Waals surface area (Å²) in [5, 5.41) is 3.11. The second-order valence-corrected chi connectivity index (χ2v) is 5.12. The number of imidazole rings is 1. The number of fused-ring (bicyclic) bond motifs is 1. The zero-order valence-corrected chi connectivity index (χ0v) is 11.3. The summed E-state index contributed by atoms with van der Waals surface area (Å²) in [6.45, 7) is 2.81. The smallest absolute Gasteiger partial charge is 0.268 e. The van der Waals surface area contributed by atoms with E-state index < -0.39 is 0 Å². The monoisotopic (exact) mass is 258 g/mol. The zero-order valence-electron chi connectivity index (χ0n) is 11.3. The standard InChI is InChI=1S/C14H18N4O/c1-10-3-5-12(17(10)2)14(19)16-11-4-6-13-15-7-8-18(13)9-11/h3,5,7-8,11H,4,6,9H2,1-2H3,(H,16,19)/t11-/m1/s1. The number of hydrogen-bond acceptors (Lipinski definition) is 2. The lowest BCUT2D eigenvalue weighted by Gasteiger charge is -2.24. The number of nitrogens with one attached hydrogen (secondary N) is 1. The molecule has 0 aliphatic carbocycles. The second kappa shape index (κ2) is 4.57. The third-order valence-electron chi connectivity index (χ3n) is 3.88. The highest BCUT2D eigenvalue weighted by molar-refractivity contribution is 5.93. The van der Waals surface area contributed by atoms with Gasteiger partial charge in [-0.05, 0) is 25.5 Å². The Morgan fingerprint density at radius 3 is 3.05 bits per heavy atom. The molecule has 5 nitrogen and oxygen atoms in total. The van der Waals surface area contributed by atoms with Gasteiger partial charge < -0.3 is 14.5 Å². The summed E-state index contributed by atoms with van der Waals surface area (Å²) in [6.07, 6.45) is 5.66. The van der Waals surface area contributed by atoms with Crippen molar-refractivity contribution < 1.29 is 4.79 Å². The van der Waals surface area contributed by atoms with Crippen molar-refractivity contribution in [2.75, 3.05) is 0 Å². The van der Waals surface area contributed by atoms with E-state index in [2.05, 4.69) is 14.9 Å². The molecule has 0 saturated carbocycles. The molecule has 0 spiro atoms. The summed E-state index contributed by atoms with van der Waals surface area (Å²) in [7, 11) is 1.92. The Morgan fingerprint density at radius 2 is 2.32 bits per heavy atom. The van der Waals surface area contributed by atoms with E-state index in [-0.39, 0.29) is 11.9 Å². The predicted molar refractivity (Wildman–Crippen MR) is 72.0 cm³/mol. The van der Waals surface area contributed by atoms with E-state index in [4.69, 9.17) is 0 Å². The average Bonchev–Trinajstić information content (AvgIpc) is 2.97. The number of hydrogen-bond donors (Lipinski definition) is 1. The Bertz CT molecular complexity index is 611. The van der Waals surface area contributed by atoms with E-state index in [1.807, 2.05) is 43.1 Å². The van der Waals surface area contributed by atoms with E-state index >= 15 is 0 Å². The van der Waals surface area contributed by atoms with Crippen LogP contribution in [0.25, 0.3) is 0 Å². The van der Waals surface area contributed by atoms with Gasteiger partial charge in [-0.3, -0.25) is 4.79 Å². The molecule has 3 heterocycles. The summed E-state index contributed by atoms with van der Waals surface area (Å²) in [4.78, 5) is 16.5. The van der Waals surface area contributed by atoms with E-state index in [9.17, 15) is 4.79 Å². The van der Waals surface area contributed by atoms with Gasteiger partial charge in [0.2, 0.25) is 0 Å². The molecule has 5 heteroatoms. The van der Waals surface area contributed by atoms with Gasteiger partial charge in [0.25, 0.3) is 5.91 Å². The highest BCUT2D eigenvalue weighted by Crippen LogP contribution is 2.14. The highest BCUT2D eigenvalue weighted by atomic mass is 16.2. The van der Waals surface area contributed by atoms with Crippen molar-refractivity contribution >= 4 is 5.91 Å². The molecular formula is C14H18N4O. The van der Waals surface area contributed by atoms with Crippen molar-refractivity contribution in [2.45, 2.75) is 32.4 Å². The third kappa shape index (κ3) is 2.16. The van der Waals surface area contributed by atoms with E-state index in [1.54, 1.807) is 0 Å². The maximum absolute atomic E-state index is 12.2. The summed E-state index contributed by atoms with van der Waals surface area (Å²) >= 11 is 0. The molecule has 0 unspecified atom stereocenters. The van der Waals surface area contributed by atoms with Crippen molar-refractivity contribution in [1.29, 1.82) is 0 Å². The Morgan fingerprint density at radius 1 is 1.47 bits per heavy atom. The Labute approximate surface area is 112 Å². The molecule has 0 radical (unpaired) electrons. The first-order valence-electron chi connectivity index (χ1n) is 6.58. The third-order valence-corrected chi connectivity index (χ3v) is 3.88. The van der Waals surface area contributed by atoms with Crippen LogP contribution < -0.4 is 5.32 Å². The van der Waals surface area contributed by atoms with Crippen molar-refractivity contribution in [1.82, 2.24) is 19.4 Å². The normalized spacial score (nSPS) is 18.1. The molecule has 0 fully saturated rings. The molecule has 1 N–H and O–H groups in total. The molecule has 1 amide bonds. The maximum atomic E-state index is 12.2. The molecule has 0 saturated heterocycles. The molecule has 19 heavy (non-hydrogen) atoms. The summed E-state index contributed by atoms with van der Waals surface area (Å²) in [5.41, 5.74) is 1.81. The van der Waals surface area contributed by atoms with Gasteiger partial charge in [-0.1, -0.05) is 0 Å². The molecule has 1 aliphatic heterocycles. The minimum absolute atomic E-state index is 0.00386. The minimum Gasteiger partial charge on any atom is -0.346 e. The van der Waals surface area contributed by atoms with Gasteiger partial charge in [-0.2, -0.15) is 0 Å². The topological polar surface area (TPSA) is 51.9 Å². The quantitative estimate of drug-likeness (QED) is 0.882. The molecule has 100 valence electrons. The summed E-state index contributed by atoms with van der Waals surface area (Å²) < 4.78 is 4.03. The number of aromatic nitrogens is 3. The van der Waals surface area contributed by atoms with Crippen LogP contribution in [0.2, 0.25) is 0 Å². The Balaban J connectivity index is 1.70. The van der Waals surface area contributed by atoms with E-state index in [0.29, 0.717) is 5.69 Å². The van der Waals surface area contributed by atoms with Crippen LogP contribution in [0.4, 0.5) is 0 Å². The molecular weight excluding hydrogens is 240 g/mol. The second-order valence-electron chi connectivity index (χ2n) is 5.12. The molecule has 1 aliphatic rings. The molecule has 3 rings (SSSR count). The molecule has 1 atom stereocenters. The van der Waals surface area contributed by atoms with E-state index in [1.165, 1.54) is 0 Å². The van der Waals surface area contributed by atoms with Crippen molar-refractivity contribution in [2.24, 2.45) is 7.05 Å². The van der Waals surface area contributed by atoms with E-state index in [0.717, 1.165) is 30.9 Å². The van der Waals surface area contributed by atoms with Gasteiger partial charge in [0.15, 0.2) is 0 Å². The number of aryl methyl sites for hydroxylation is 2. The lowest BCUT2D eigenvalue weighted by Crippen LogP contribution is -2.41. The zero-order chi connectivity index (χ0) is 13.4. The first-order valence-corrected chi connectivity index (χ1v) is 6.58. The number of nitrogens with zero attached hydrogens (tertiary/aromatic N) is 3. The predicted octanol–water partition coefficient (Wildman–Crippen LogP) is 1.27. The van der Waals surface area contributed by atoms with Crippen molar-refractivity contribution in [3.05, 3.63) is 41.7 Å². The largest absolute Gasteiger partial charge is 0.346 e. The lowest BCUT2D eigenvalue weighted by molar-refractivity contribution is 0.0919. The van der Waals surface area contributed by atoms with Gasteiger partial charge in [0.05, 0.1) is 0 Å². The van der Waals surface area contributed by atoms with Crippen LogP contribution in [0.1, 0.15) is 28.4 Å². The van der Waals surface area contributed by atoms with Gasteiger partial charge in [0.1, 0.15) is 11.5 Å². The number of amides is 1. The fourth-order valence-electron chi connectivity index (χ4n) is 2.58. The van der Waals surface area contributed by atoms with Crippen molar-refractivity contribution in [3.8, 4) is 0 Å². The SMILES string of the molecule is Cc1ccc(C(=O)N[C@@H]2CCc3nccn3C2)n1C. The summed E-state index contributed by atoms with van der Waals surface area (Å²) in [5.74, 6) is 1.12. The fourth-order valence-corrected chi connectivity index (χ4v) is 2.58. The Kier molecular flexibility index (Phi) is 2.89. The van der Waals surface area contributed by atoms with Crippen LogP contribution in [-0.2, 0) is 20.0 Å². The van der Waals surface area contributed by atoms with Gasteiger partial charge >= 0.3 is 0 Å². The van der Waals surface area contributed by atoms with Crippen LogP contribution in [0.3, 0.4) is 0 Å². The molecule has 0 bridgehead atoms. The molecule has 2 aromatic heterocycles. The average molecular weight is 258 g/mol. The van der Waals surface area contributed by atoms with Crippen LogP contribution in [0, 0.1) is 6.92 Å². The first-order chi connectivity index (χ1) is 9.15. The first kappa shape index (κ1) is 12.0. The van der Waals surface area contributed by atoms with Gasteiger partial charge in [0, 0.05) is 44.1 Å². The van der Waals surface area contributed by atoms with Crippen LogP contribution in [0.5, 0.6) is 0 Å². The van der Waals surface area contributed by atoms with Crippen molar-refractivity contribution in [3.63, 3.8) is 0 Å². The minimum atomic E-state index is 0.00386. The van der Waals surface area contributed by atoms with Crippen LogP contribution >= 0.6 is 0 Å². The number of carbonyl (C=O) groups excluding carboxylic acids is 1. The molecule has 0 aromatic carbocycles. The van der Waals surface area contributed by atoms with Gasteiger partial charge in [-0.15, -0.1) is 0 Å². The van der Waals surface area contributed by atoms with Crippen LogP contribution in [-0.4, -0.2) is 26.1 Å². The highest BCUT2D eigenvalue weighted by Gasteiger charge is 2.21. The lowest BCUT2D eigenvalue weighted by atomic mass is 10.1.